The smallest absolute Gasteiger partial charge is 0.351 e. The highest BCUT2D eigenvalue weighted by atomic mass is 16.6. The Balaban J connectivity index is 0.000000159. The van der Waals surface area contributed by atoms with Crippen molar-refractivity contribution in [1.82, 2.24) is 24.5 Å². The third-order valence-corrected chi connectivity index (χ3v) is 4.58. The van der Waals surface area contributed by atoms with Gasteiger partial charge in [-0.25, -0.2) is 14.8 Å². The highest BCUT2D eigenvalue weighted by Crippen LogP contribution is 2.27. The highest BCUT2D eigenvalue weighted by Gasteiger charge is 2.43. The van der Waals surface area contributed by atoms with Crippen molar-refractivity contribution in [3.05, 3.63) is 84.1 Å². The molecule has 32 heavy (non-hydrogen) atoms. The lowest BCUT2D eigenvalue weighted by Gasteiger charge is -2.16. The number of hydrogen-bond acceptors (Lipinski definition) is 9. The first-order valence-corrected chi connectivity index (χ1v) is 9.70. The molecule has 0 amide bonds. The van der Waals surface area contributed by atoms with E-state index in [0.29, 0.717) is 0 Å². The molecule has 168 valence electrons. The number of nitrogens with one attached hydrogen (secondary N) is 1. The molecule has 4 atom stereocenters. The molecule has 0 unspecified atom stereocenters. The fourth-order valence-corrected chi connectivity index (χ4v) is 2.98. The fourth-order valence-electron chi connectivity index (χ4n) is 2.98. The van der Waals surface area contributed by atoms with Gasteiger partial charge in [-0.2, -0.15) is 4.98 Å². The number of para-hydroxylation sites is 1. The topological polar surface area (TPSA) is 172 Å². The van der Waals surface area contributed by atoms with Gasteiger partial charge in [0.05, 0.1) is 6.61 Å². The number of nitrogen functional groups attached to an aromatic ring is 1. The van der Waals surface area contributed by atoms with E-state index in [-0.39, 0.29) is 5.82 Å². The normalized spacial score (nSPS) is 21.8. The molecule has 0 radical (unpaired) electrons. The number of nitrogens with two attached hydrogens (primary N) is 1. The van der Waals surface area contributed by atoms with E-state index < -0.39 is 36.8 Å². The molecule has 1 aliphatic rings. The molecule has 0 saturated carbocycles. The molecule has 5 rings (SSSR count). The van der Waals surface area contributed by atoms with Crippen LogP contribution in [0.3, 0.4) is 0 Å². The number of hydrogen-bond donors (Lipinski definition) is 5. The van der Waals surface area contributed by atoms with Gasteiger partial charge in [0.15, 0.2) is 6.23 Å². The molecule has 1 aromatic carbocycles. The minimum atomic E-state index is -1.31. The Kier molecular flexibility index (Phi) is 8.00. The Morgan fingerprint density at radius 1 is 1.06 bits per heavy atom. The zero-order valence-electron chi connectivity index (χ0n) is 17.0. The van der Waals surface area contributed by atoms with E-state index in [1.165, 1.54) is 29.5 Å². The van der Waals surface area contributed by atoms with Crippen molar-refractivity contribution in [3.8, 4) is 0 Å². The first kappa shape index (κ1) is 23.0. The van der Waals surface area contributed by atoms with Gasteiger partial charge in [-0.3, -0.25) is 4.57 Å². The monoisotopic (exact) mass is 440 g/mol. The van der Waals surface area contributed by atoms with Crippen LogP contribution in [0.5, 0.6) is 0 Å². The largest absolute Gasteiger partial charge is 0.394 e. The molecular weight excluding hydrogens is 416 g/mol. The second-order valence-corrected chi connectivity index (χ2v) is 6.74. The minimum Gasteiger partial charge on any atom is -0.394 e. The fraction of sp³-hybridized carbons (Fsp3) is 0.238. The summed E-state index contributed by atoms with van der Waals surface area (Å²) < 4.78 is 6.19. The molecule has 6 N–H and O–H groups in total. The van der Waals surface area contributed by atoms with Gasteiger partial charge in [0, 0.05) is 30.3 Å². The molecule has 1 saturated heterocycles. The van der Waals surface area contributed by atoms with Crippen LogP contribution in [0.1, 0.15) is 6.23 Å². The Hall–Kier alpha value is -3.64. The summed E-state index contributed by atoms with van der Waals surface area (Å²) in [7, 11) is 0. The van der Waals surface area contributed by atoms with Gasteiger partial charge in [-0.1, -0.05) is 18.2 Å². The molecular formula is C21H24N6O5. The van der Waals surface area contributed by atoms with E-state index in [0.717, 1.165) is 4.57 Å². The first-order chi connectivity index (χ1) is 15.5. The standard InChI is InChI=1S/C9H13N3O5.C8H7N.C4H4N2/c10-5-1-2-12(9(16)11-5)8-7(15)6(14)4(3-13)17-8;1-2-4-8-7(3-1)5-6-9-8;1-2-5-4-6-3-1/h1-2,4,6-8,13-15H,3H2,(H2,10,11,16);1-6,9H;1-4H/t4-,6-,7-,8-;;/m1../s1. The zero-order chi connectivity index (χ0) is 22.9. The number of aliphatic hydroxyl groups is 3. The van der Waals surface area contributed by atoms with Gasteiger partial charge >= 0.3 is 5.69 Å². The van der Waals surface area contributed by atoms with Crippen LogP contribution in [0.25, 0.3) is 10.9 Å². The maximum absolute atomic E-state index is 11.5. The van der Waals surface area contributed by atoms with E-state index in [1.807, 2.05) is 18.3 Å². The van der Waals surface area contributed by atoms with Gasteiger partial charge in [-0.05, 0) is 29.7 Å². The van der Waals surface area contributed by atoms with Crippen LogP contribution in [0.2, 0.25) is 0 Å². The van der Waals surface area contributed by atoms with E-state index in [2.05, 4.69) is 38.1 Å². The van der Waals surface area contributed by atoms with Crippen molar-refractivity contribution >= 4 is 16.7 Å². The van der Waals surface area contributed by atoms with Crippen molar-refractivity contribution in [2.24, 2.45) is 0 Å². The number of rotatable bonds is 2. The lowest BCUT2D eigenvalue weighted by molar-refractivity contribution is -0.0549. The minimum absolute atomic E-state index is 0.0537. The number of aromatic nitrogens is 5. The van der Waals surface area contributed by atoms with Gasteiger partial charge in [0.25, 0.3) is 0 Å². The third kappa shape index (κ3) is 5.74. The number of aliphatic hydroxyl groups excluding tert-OH is 3. The molecule has 0 aliphatic carbocycles. The summed E-state index contributed by atoms with van der Waals surface area (Å²) in [6, 6.07) is 13.4. The third-order valence-electron chi connectivity index (χ3n) is 4.58. The number of fused-ring (bicyclic) bond motifs is 1. The Morgan fingerprint density at radius 3 is 2.38 bits per heavy atom. The predicted molar refractivity (Wildman–Crippen MR) is 116 cm³/mol. The van der Waals surface area contributed by atoms with Gasteiger partial charge in [0.1, 0.15) is 30.5 Å². The maximum atomic E-state index is 11.5. The average molecular weight is 440 g/mol. The van der Waals surface area contributed by atoms with Crippen LogP contribution in [0, 0.1) is 0 Å². The Labute approximate surface area is 182 Å². The van der Waals surface area contributed by atoms with Crippen molar-refractivity contribution in [1.29, 1.82) is 0 Å². The molecule has 1 fully saturated rings. The van der Waals surface area contributed by atoms with E-state index in [1.54, 1.807) is 18.5 Å². The molecule has 0 bridgehead atoms. The van der Waals surface area contributed by atoms with Crippen molar-refractivity contribution < 1.29 is 20.1 Å². The molecule has 1 aliphatic heterocycles. The van der Waals surface area contributed by atoms with Crippen LogP contribution in [0.15, 0.2) is 78.4 Å². The van der Waals surface area contributed by atoms with Crippen molar-refractivity contribution in [3.63, 3.8) is 0 Å². The molecule has 0 spiro atoms. The summed E-state index contributed by atoms with van der Waals surface area (Å²) in [6.45, 7) is -0.453. The Morgan fingerprint density at radius 2 is 1.81 bits per heavy atom. The summed E-state index contributed by atoms with van der Waals surface area (Å²) >= 11 is 0. The van der Waals surface area contributed by atoms with Gasteiger partial charge in [-0.15, -0.1) is 0 Å². The number of aromatic amines is 1. The SMILES string of the molecule is Nc1ccn([C@@H]2O[C@H](CO)[C@@H](O)[C@H]2O)c(=O)n1.c1ccc2[nH]ccc2c1.c1cncnc1. The van der Waals surface area contributed by atoms with Crippen LogP contribution in [-0.2, 0) is 4.74 Å². The number of benzene rings is 1. The van der Waals surface area contributed by atoms with Crippen molar-refractivity contribution in [2.75, 3.05) is 12.3 Å². The predicted octanol–water partition coefficient (Wildman–Crippen LogP) is 0.0815. The van der Waals surface area contributed by atoms with E-state index >= 15 is 0 Å². The Bertz CT molecular complexity index is 1100. The molecule has 3 aromatic heterocycles. The molecule has 11 heteroatoms. The lowest BCUT2D eigenvalue weighted by Crippen LogP contribution is -2.36. The van der Waals surface area contributed by atoms with Crippen LogP contribution in [-0.4, -0.2) is 64.7 Å². The van der Waals surface area contributed by atoms with Crippen molar-refractivity contribution in [2.45, 2.75) is 24.5 Å². The number of anilines is 1. The molecule has 4 aromatic rings. The summed E-state index contributed by atoms with van der Waals surface area (Å²) in [5, 5.41) is 29.4. The van der Waals surface area contributed by atoms with Gasteiger partial charge in [0.2, 0.25) is 0 Å². The number of nitrogens with zero attached hydrogens (tertiary/aromatic N) is 4. The molecule has 4 heterocycles. The van der Waals surface area contributed by atoms with Crippen LogP contribution >= 0.6 is 0 Å². The van der Waals surface area contributed by atoms with Crippen LogP contribution < -0.4 is 11.4 Å². The summed E-state index contributed by atoms with van der Waals surface area (Å²) in [5.41, 5.74) is 5.84. The number of H-pyrrole nitrogens is 1. The van der Waals surface area contributed by atoms with Crippen LogP contribution in [0.4, 0.5) is 5.82 Å². The van der Waals surface area contributed by atoms with Gasteiger partial charge < -0.3 is 30.8 Å². The summed E-state index contributed by atoms with van der Waals surface area (Å²) in [4.78, 5) is 25.5. The number of ether oxygens (including phenoxy) is 1. The summed E-state index contributed by atoms with van der Waals surface area (Å²) in [5.74, 6) is 0.0537. The van der Waals surface area contributed by atoms with E-state index in [9.17, 15) is 15.0 Å². The zero-order valence-corrected chi connectivity index (χ0v) is 17.0. The lowest BCUT2D eigenvalue weighted by atomic mass is 10.1. The first-order valence-electron chi connectivity index (χ1n) is 9.70. The highest BCUT2D eigenvalue weighted by molar-refractivity contribution is 5.78. The quantitative estimate of drug-likeness (QED) is 0.289. The second-order valence-electron chi connectivity index (χ2n) is 6.74. The summed E-state index contributed by atoms with van der Waals surface area (Å²) in [6.07, 6.45) is 3.56. The average Bonchev–Trinajstić information content (AvgIpc) is 3.41. The van der Waals surface area contributed by atoms with E-state index in [4.69, 9.17) is 15.6 Å². The second kappa shape index (κ2) is 11.1. The molecule has 11 nitrogen and oxygen atoms in total. The maximum Gasteiger partial charge on any atom is 0.351 e.